The highest BCUT2D eigenvalue weighted by molar-refractivity contribution is 6.29. The standard InChI is InChI=1S/C17H15ClN4O/c1-21(17(23)14-7-8-16(18)19-10-14)11-13-9-20-22(12-13)15-5-3-2-4-6-15/h2-10,12H,11H2,1H3. The Morgan fingerprint density at radius 1 is 1.17 bits per heavy atom. The molecule has 23 heavy (non-hydrogen) atoms. The van der Waals surface area contributed by atoms with Gasteiger partial charge in [-0.25, -0.2) is 9.67 Å². The number of rotatable bonds is 4. The molecule has 0 radical (unpaired) electrons. The highest BCUT2D eigenvalue weighted by Gasteiger charge is 2.13. The van der Waals surface area contributed by atoms with Crippen LogP contribution in [0.4, 0.5) is 0 Å². The molecule has 0 bridgehead atoms. The zero-order valence-corrected chi connectivity index (χ0v) is 13.3. The summed E-state index contributed by atoms with van der Waals surface area (Å²) < 4.78 is 1.79. The van der Waals surface area contributed by atoms with Crippen LogP contribution in [0.25, 0.3) is 5.69 Å². The summed E-state index contributed by atoms with van der Waals surface area (Å²) in [6.45, 7) is 0.467. The van der Waals surface area contributed by atoms with Gasteiger partial charge in [-0.3, -0.25) is 4.79 Å². The molecule has 0 atom stereocenters. The Balaban J connectivity index is 1.71. The largest absolute Gasteiger partial charge is 0.337 e. The van der Waals surface area contributed by atoms with E-state index in [2.05, 4.69) is 10.1 Å². The number of benzene rings is 1. The lowest BCUT2D eigenvalue weighted by Gasteiger charge is -2.16. The first-order valence-electron chi connectivity index (χ1n) is 7.09. The molecule has 0 aliphatic heterocycles. The van der Waals surface area contributed by atoms with Crippen LogP contribution in [-0.2, 0) is 6.54 Å². The van der Waals surface area contributed by atoms with Crippen molar-refractivity contribution in [1.82, 2.24) is 19.7 Å². The number of aromatic nitrogens is 3. The van der Waals surface area contributed by atoms with Crippen molar-refractivity contribution >= 4 is 17.5 Å². The van der Waals surface area contributed by atoms with E-state index in [1.807, 2.05) is 36.5 Å². The zero-order valence-electron chi connectivity index (χ0n) is 12.6. The smallest absolute Gasteiger partial charge is 0.255 e. The lowest BCUT2D eigenvalue weighted by atomic mass is 10.2. The Hall–Kier alpha value is -2.66. The Morgan fingerprint density at radius 3 is 2.65 bits per heavy atom. The van der Waals surface area contributed by atoms with Crippen LogP contribution in [0, 0.1) is 0 Å². The molecule has 6 heteroatoms. The van der Waals surface area contributed by atoms with Crippen molar-refractivity contribution in [2.75, 3.05) is 7.05 Å². The molecule has 3 aromatic rings. The van der Waals surface area contributed by atoms with E-state index in [1.165, 1.54) is 6.20 Å². The summed E-state index contributed by atoms with van der Waals surface area (Å²) in [6, 6.07) is 13.1. The minimum atomic E-state index is -0.110. The van der Waals surface area contributed by atoms with Crippen molar-refractivity contribution in [2.45, 2.75) is 6.54 Å². The molecule has 0 spiro atoms. The fraction of sp³-hybridized carbons (Fsp3) is 0.118. The maximum atomic E-state index is 12.4. The van der Waals surface area contributed by atoms with E-state index in [-0.39, 0.29) is 5.91 Å². The number of pyridine rings is 1. The maximum absolute atomic E-state index is 12.4. The zero-order chi connectivity index (χ0) is 16.2. The van der Waals surface area contributed by atoms with Gasteiger partial charge in [-0.1, -0.05) is 29.8 Å². The van der Waals surface area contributed by atoms with Crippen molar-refractivity contribution in [2.24, 2.45) is 0 Å². The summed E-state index contributed by atoms with van der Waals surface area (Å²) in [6.07, 6.45) is 5.16. The van der Waals surface area contributed by atoms with Gasteiger partial charge < -0.3 is 4.90 Å². The highest BCUT2D eigenvalue weighted by atomic mass is 35.5. The lowest BCUT2D eigenvalue weighted by Crippen LogP contribution is -2.26. The number of hydrogen-bond acceptors (Lipinski definition) is 3. The van der Waals surface area contributed by atoms with Crippen molar-refractivity contribution in [3.05, 3.63) is 77.3 Å². The minimum Gasteiger partial charge on any atom is -0.337 e. The number of carbonyl (C=O) groups is 1. The van der Waals surface area contributed by atoms with Crippen molar-refractivity contribution in [3.8, 4) is 5.69 Å². The molecule has 0 aliphatic carbocycles. The average molecular weight is 327 g/mol. The van der Waals surface area contributed by atoms with Crippen LogP contribution in [0.5, 0.6) is 0 Å². The Morgan fingerprint density at radius 2 is 1.96 bits per heavy atom. The summed E-state index contributed by atoms with van der Waals surface area (Å²) in [7, 11) is 1.75. The van der Waals surface area contributed by atoms with Gasteiger partial charge >= 0.3 is 0 Å². The third-order valence-corrected chi connectivity index (χ3v) is 3.62. The number of hydrogen-bond donors (Lipinski definition) is 0. The van der Waals surface area contributed by atoms with Crippen LogP contribution in [0.15, 0.2) is 61.1 Å². The van der Waals surface area contributed by atoms with Crippen molar-refractivity contribution in [1.29, 1.82) is 0 Å². The first kappa shape index (κ1) is 15.2. The van der Waals surface area contributed by atoms with E-state index in [0.29, 0.717) is 17.3 Å². The summed E-state index contributed by atoms with van der Waals surface area (Å²) in [5, 5.41) is 4.70. The second-order valence-corrected chi connectivity index (χ2v) is 5.55. The Labute approximate surface area is 139 Å². The minimum absolute atomic E-state index is 0.110. The third-order valence-electron chi connectivity index (χ3n) is 3.40. The van der Waals surface area contributed by atoms with Gasteiger partial charge in [-0.15, -0.1) is 0 Å². The van der Waals surface area contributed by atoms with Crippen LogP contribution in [-0.4, -0.2) is 32.6 Å². The number of para-hydroxylation sites is 1. The van der Waals surface area contributed by atoms with Gasteiger partial charge in [-0.05, 0) is 24.3 Å². The molecule has 0 saturated carbocycles. The van der Waals surface area contributed by atoms with Gasteiger partial charge in [0, 0.05) is 31.5 Å². The van der Waals surface area contributed by atoms with Crippen molar-refractivity contribution < 1.29 is 4.79 Å². The molecule has 0 aliphatic rings. The van der Waals surface area contributed by atoms with Gasteiger partial charge in [0.05, 0.1) is 17.4 Å². The van der Waals surface area contributed by atoms with Crippen LogP contribution in [0.3, 0.4) is 0 Å². The molecule has 2 heterocycles. The molecular weight excluding hydrogens is 312 g/mol. The molecule has 0 N–H and O–H groups in total. The predicted octanol–water partition coefficient (Wildman–Crippen LogP) is 3.19. The summed E-state index contributed by atoms with van der Waals surface area (Å²) in [5.41, 5.74) is 2.44. The average Bonchev–Trinajstić information content (AvgIpc) is 3.04. The fourth-order valence-corrected chi connectivity index (χ4v) is 2.34. The van der Waals surface area contributed by atoms with Gasteiger partial charge in [0.25, 0.3) is 5.91 Å². The Kier molecular flexibility index (Phi) is 4.39. The van der Waals surface area contributed by atoms with Gasteiger partial charge in [-0.2, -0.15) is 5.10 Å². The highest BCUT2D eigenvalue weighted by Crippen LogP contribution is 2.12. The third kappa shape index (κ3) is 3.57. The first-order valence-corrected chi connectivity index (χ1v) is 7.47. The second kappa shape index (κ2) is 6.62. The quantitative estimate of drug-likeness (QED) is 0.692. The number of halogens is 1. The van der Waals surface area contributed by atoms with E-state index in [0.717, 1.165) is 11.3 Å². The molecule has 5 nitrogen and oxygen atoms in total. The molecule has 0 fully saturated rings. The van der Waals surface area contributed by atoms with Crippen LogP contribution in [0.1, 0.15) is 15.9 Å². The Bertz CT molecular complexity index is 799. The van der Waals surface area contributed by atoms with E-state index in [1.54, 1.807) is 35.0 Å². The first-order chi connectivity index (χ1) is 11.1. The van der Waals surface area contributed by atoms with E-state index < -0.39 is 0 Å². The molecule has 1 amide bonds. The normalized spacial score (nSPS) is 10.5. The molecule has 0 saturated heterocycles. The van der Waals surface area contributed by atoms with E-state index in [9.17, 15) is 4.79 Å². The van der Waals surface area contributed by atoms with Crippen LogP contribution in [0.2, 0.25) is 5.15 Å². The SMILES string of the molecule is CN(Cc1cnn(-c2ccccc2)c1)C(=O)c1ccc(Cl)nc1. The number of amides is 1. The monoisotopic (exact) mass is 326 g/mol. The fourth-order valence-electron chi connectivity index (χ4n) is 2.23. The van der Waals surface area contributed by atoms with Gasteiger partial charge in [0.15, 0.2) is 0 Å². The summed E-state index contributed by atoms with van der Waals surface area (Å²) in [5.74, 6) is -0.110. The molecule has 3 rings (SSSR count). The number of carbonyl (C=O) groups excluding carboxylic acids is 1. The lowest BCUT2D eigenvalue weighted by molar-refractivity contribution is 0.0784. The summed E-state index contributed by atoms with van der Waals surface area (Å²) >= 11 is 5.74. The second-order valence-electron chi connectivity index (χ2n) is 5.16. The van der Waals surface area contributed by atoms with Crippen molar-refractivity contribution in [3.63, 3.8) is 0 Å². The molecular formula is C17H15ClN4O. The van der Waals surface area contributed by atoms with Crippen LogP contribution < -0.4 is 0 Å². The van der Waals surface area contributed by atoms with Gasteiger partial charge in [0.1, 0.15) is 5.15 Å². The number of nitrogens with zero attached hydrogens (tertiary/aromatic N) is 4. The molecule has 0 unspecified atom stereocenters. The molecule has 116 valence electrons. The van der Waals surface area contributed by atoms with Crippen LogP contribution >= 0.6 is 11.6 Å². The molecule has 1 aromatic carbocycles. The maximum Gasteiger partial charge on any atom is 0.255 e. The molecule has 2 aromatic heterocycles. The van der Waals surface area contributed by atoms with Gasteiger partial charge in [0.2, 0.25) is 0 Å². The topological polar surface area (TPSA) is 51.0 Å². The predicted molar refractivity (Wildman–Crippen MR) is 88.6 cm³/mol. The van der Waals surface area contributed by atoms with E-state index >= 15 is 0 Å². The van der Waals surface area contributed by atoms with E-state index in [4.69, 9.17) is 11.6 Å². The summed E-state index contributed by atoms with van der Waals surface area (Å²) in [4.78, 5) is 17.9.